The Kier molecular flexibility index (Phi) is 5.06. The van der Waals surface area contributed by atoms with E-state index in [1.807, 2.05) is 42.8 Å². The summed E-state index contributed by atoms with van der Waals surface area (Å²) in [6.07, 6.45) is 2.27. The highest BCUT2D eigenvalue weighted by molar-refractivity contribution is 5.58. The summed E-state index contributed by atoms with van der Waals surface area (Å²) >= 11 is 0. The first kappa shape index (κ1) is 14.5. The lowest BCUT2D eigenvalue weighted by Crippen LogP contribution is -2.07. The van der Waals surface area contributed by atoms with Crippen molar-refractivity contribution in [3.63, 3.8) is 0 Å². The predicted molar refractivity (Wildman–Crippen MR) is 78.0 cm³/mol. The van der Waals surface area contributed by atoms with Crippen molar-refractivity contribution in [2.45, 2.75) is 39.3 Å². The van der Waals surface area contributed by atoms with Crippen LogP contribution in [-0.4, -0.2) is 32.9 Å². The van der Waals surface area contributed by atoms with Crippen LogP contribution in [-0.2, 0) is 11.3 Å². The SMILES string of the molecule is CC(C)OCCCCn1nnnc1-c1ccc(N)cc1. The fraction of sp³-hybridized carbons (Fsp3) is 0.500. The van der Waals surface area contributed by atoms with Crippen LogP contribution in [0.1, 0.15) is 26.7 Å². The first-order chi connectivity index (χ1) is 9.66. The summed E-state index contributed by atoms with van der Waals surface area (Å²) in [4.78, 5) is 0. The topological polar surface area (TPSA) is 78.8 Å². The number of nitrogens with zero attached hydrogens (tertiary/aromatic N) is 4. The summed E-state index contributed by atoms with van der Waals surface area (Å²) in [7, 11) is 0. The number of unbranched alkanes of at least 4 members (excludes halogenated alkanes) is 1. The Bertz CT molecular complexity index is 521. The molecule has 108 valence electrons. The maximum absolute atomic E-state index is 5.68. The van der Waals surface area contributed by atoms with E-state index in [-0.39, 0.29) is 6.10 Å². The Labute approximate surface area is 118 Å². The molecule has 0 aliphatic heterocycles. The van der Waals surface area contributed by atoms with E-state index in [0.29, 0.717) is 0 Å². The number of ether oxygens (including phenoxy) is 1. The molecule has 1 aromatic heterocycles. The van der Waals surface area contributed by atoms with Gasteiger partial charge in [0.1, 0.15) is 0 Å². The molecule has 0 spiro atoms. The van der Waals surface area contributed by atoms with Crippen molar-refractivity contribution in [1.82, 2.24) is 20.2 Å². The zero-order valence-electron chi connectivity index (χ0n) is 12.0. The molecule has 0 bridgehead atoms. The molecular formula is C14H21N5O. The van der Waals surface area contributed by atoms with Gasteiger partial charge in [0, 0.05) is 24.4 Å². The van der Waals surface area contributed by atoms with Gasteiger partial charge < -0.3 is 10.5 Å². The van der Waals surface area contributed by atoms with Crippen LogP contribution in [0.5, 0.6) is 0 Å². The van der Waals surface area contributed by atoms with E-state index < -0.39 is 0 Å². The van der Waals surface area contributed by atoms with Crippen LogP contribution in [0.3, 0.4) is 0 Å². The molecule has 0 unspecified atom stereocenters. The van der Waals surface area contributed by atoms with Gasteiger partial charge in [-0.05, 0) is 61.4 Å². The van der Waals surface area contributed by atoms with Gasteiger partial charge in [-0.3, -0.25) is 0 Å². The Hall–Kier alpha value is -1.95. The molecule has 2 rings (SSSR count). The Morgan fingerprint density at radius 1 is 1.20 bits per heavy atom. The molecule has 0 radical (unpaired) electrons. The predicted octanol–water partition coefficient (Wildman–Crippen LogP) is 2.13. The van der Waals surface area contributed by atoms with Gasteiger partial charge in [0.05, 0.1) is 6.10 Å². The highest BCUT2D eigenvalue weighted by Gasteiger charge is 2.08. The summed E-state index contributed by atoms with van der Waals surface area (Å²) < 4.78 is 7.33. The zero-order valence-corrected chi connectivity index (χ0v) is 12.0. The maximum atomic E-state index is 5.68. The average Bonchev–Trinajstić information content (AvgIpc) is 2.87. The molecule has 6 nitrogen and oxygen atoms in total. The quantitative estimate of drug-likeness (QED) is 0.618. The van der Waals surface area contributed by atoms with E-state index in [2.05, 4.69) is 15.5 Å². The van der Waals surface area contributed by atoms with Gasteiger partial charge in [0.15, 0.2) is 5.82 Å². The summed E-state index contributed by atoms with van der Waals surface area (Å²) in [5.41, 5.74) is 7.39. The summed E-state index contributed by atoms with van der Waals surface area (Å²) in [5.74, 6) is 0.773. The molecule has 1 aromatic carbocycles. The summed E-state index contributed by atoms with van der Waals surface area (Å²) in [6, 6.07) is 7.56. The number of anilines is 1. The Balaban J connectivity index is 1.90. The second kappa shape index (κ2) is 7.00. The number of nitrogen functional groups attached to an aromatic ring is 1. The van der Waals surface area contributed by atoms with Crippen molar-refractivity contribution in [3.8, 4) is 11.4 Å². The number of hydrogen-bond donors (Lipinski definition) is 1. The van der Waals surface area contributed by atoms with E-state index >= 15 is 0 Å². The lowest BCUT2D eigenvalue weighted by Gasteiger charge is -2.08. The van der Waals surface area contributed by atoms with Gasteiger partial charge in [-0.15, -0.1) is 5.10 Å². The largest absolute Gasteiger partial charge is 0.399 e. The molecule has 0 atom stereocenters. The molecule has 1 heterocycles. The fourth-order valence-corrected chi connectivity index (χ4v) is 1.88. The number of tetrazole rings is 1. The molecule has 0 saturated carbocycles. The van der Waals surface area contributed by atoms with E-state index in [0.717, 1.165) is 43.1 Å². The molecule has 0 amide bonds. The van der Waals surface area contributed by atoms with Crippen LogP contribution >= 0.6 is 0 Å². The molecule has 0 saturated heterocycles. The van der Waals surface area contributed by atoms with Crippen molar-refractivity contribution in [2.75, 3.05) is 12.3 Å². The number of rotatable bonds is 7. The van der Waals surface area contributed by atoms with E-state index in [4.69, 9.17) is 10.5 Å². The molecular weight excluding hydrogens is 254 g/mol. The van der Waals surface area contributed by atoms with Crippen molar-refractivity contribution in [2.24, 2.45) is 0 Å². The third kappa shape index (κ3) is 4.03. The van der Waals surface area contributed by atoms with Crippen molar-refractivity contribution < 1.29 is 4.74 Å². The minimum atomic E-state index is 0.286. The standard InChI is InChI=1S/C14H21N5O/c1-11(2)20-10-4-3-9-19-14(16-17-18-19)12-5-7-13(15)8-6-12/h5-8,11H,3-4,9-10,15H2,1-2H3. The maximum Gasteiger partial charge on any atom is 0.182 e. The summed E-state index contributed by atoms with van der Waals surface area (Å²) in [5, 5.41) is 11.9. The third-order valence-electron chi connectivity index (χ3n) is 2.92. The first-order valence-electron chi connectivity index (χ1n) is 6.90. The van der Waals surface area contributed by atoms with Gasteiger partial charge in [-0.1, -0.05) is 0 Å². The normalized spacial score (nSPS) is 11.2. The number of aryl methyl sites for hydroxylation is 1. The summed E-state index contributed by atoms with van der Waals surface area (Å²) in [6.45, 7) is 5.65. The van der Waals surface area contributed by atoms with Crippen LogP contribution in [0.4, 0.5) is 5.69 Å². The van der Waals surface area contributed by atoms with Gasteiger partial charge in [-0.25, -0.2) is 4.68 Å². The van der Waals surface area contributed by atoms with Gasteiger partial charge in [0.25, 0.3) is 0 Å². The molecule has 20 heavy (non-hydrogen) atoms. The molecule has 0 fully saturated rings. The van der Waals surface area contributed by atoms with Crippen molar-refractivity contribution in [1.29, 1.82) is 0 Å². The fourth-order valence-electron chi connectivity index (χ4n) is 1.88. The van der Waals surface area contributed by atoms with Crippen LogP contribution < -0.4 is 5.73 Å². The van der Waals surface area contributed by atoms with Crippen LogP contribution in [0.15, 0.2) is 24.3 Å². The van der Waals surface area contributed by atoms with Crippen molar-refractivity contribution >= 4 is 5.69 Å². The van der Waals surface area contributed by atoms with Crippen LogP contribution in [0.2, 0.25) is 0 Å². The monoisotopic (exact) mass is 275 g/mol. The molecule has 0 aliphatic rings. The number of hydrogen-bond acceptors (Lipinski definition) is 5. The molecule has 0 aliphatic carbocycles. The van der Waals surface area contributed by atoms with Gasteiger partial charge >= 0.3 is 0 Å². The highest BCUT2D eigenvalue weighted by atomic mass is 16.5. The Morgan fingerprint density at radius 2 is 1.95 bits per heavy atom. The first-order valence-corrected chi connectivity index (χ1v) is 6.90. The molecule has 2 aromatic rings. The number of aromatic nitrogens is 4. The lowest BCUT2D eigenvalue weighted by atomic mass is 10.2. The molecule has 2 N–H and O–H groups in total. The number of benzene rings is 1. The smallest absolute Gasteiger partial charge is 0.182 e. The van der Waals surface area contributed by atoms with Crippen LogP contribution in [0.25, 0.3) is 11.4 Å². The number of nitrogens with two attached hydrogens (primary N) is 1. The van der Waals surface area contributed by atoms with Crippen molar-refractivity contribution in [3.05, 3.63) is 24.3 Å². The second-order valence-corrected chi connectivity index (χ2v) is 4.97. The minimum Gasteiger partial charge on any atom is -0.399 e. The van der Waals surface area contributed by atoms with Crippen LogP contribution in [0, 0.1) is 0 Å². The van der Waals surface area contributed by atoms with E-state index in [9.17, 15) is 0 Å². The highest BCUT2D eigenvalue weighted by Crippen LogP contribution is 2.17. The molecule has 6 heteroatoms. The lowest BCUT2D eigenvalue weighted by molar-refractivity contribution is 0.0753. The zero-order chi connectivity index (χ0) is 14.4. The third-order valence-corrected chi connectivity index (χ3v) is 2.92. The Morgan fingerprint density at radius 3 is 2.65 bits per heavy atom. The van der Waals surface area contributed by atoms with Gasteiger partial charge in [-0.2, -0.15) is 0 Å². The minimum absolute atomic E-state index is 0.286. The second-order valence-electron chi connectivity index (χ2n) is 4.97. The van der Waals surface area contributed by atoms with E-state index in [1.54, 1.807) is 0 Å². The van der Waals surface area contributed by atoms with Gasteiger partial charge in [0.2, 0.25) is 0 Å². The van der Waals surface area contributed by atoms with E-state index in [1.165, 1.54) is 0 Å². The average molecular weight is 275 g/mol.